The van der Waals surface area contributed by atoms with Gasteiger partial charge in [0.25, 0.3) is 0 Å². The van der Waals surface area contributed by atoms with E-state index < -0.39 is 17.3 Å². The van der Waals surface area contributed by atoms with Gasteiger partial charge in [0.15, 0.2) is 5.65 Å². The number of ether oxygens (including phenoxy) is 3. The maximum Gasteiger partial charge on any atom is 0.325 e. The van der Waals surface area contributed by atoms with Crippen LogP contribution < -0.4 is 10.4 Å². The molecule has 7 nitrogen and oxygen atoms in total. The number of nitrogens with one attached hydrogen (secondary N) is 2. The molecule has 2 N–H and O–H groups in total. The fourth-order valence-corrected chi connectivity index (χ4v) is 2.34. The Kier molecular flexibility index (Phi) is 20.2. The van der Waals surface area contributed by atoms with Gasteiger partial charge in [-0.15, -0.1) is 12.8 Å². The fraction of sp³-hybridized carbons (Fsp3) is 0.417. The molecule has 3 heterocycles. The maximum absolute atomic E-state index is 13.5. The van der Waals surface area contributed by atoms with Gasteiger partial charge in [-0.05, 0) is 18.2 Å². The van der Waals surface area contributed by atoms with Crippen LogP contribution in [0.1, 0.15) is 47.1 Å². The normalized spacial score (nSPS) is 10.9. The summed E-state index contributed by atoms with van der Waals surface area (Å²) in [5.74, 6) is -1.47. The molecule has 2 aromatic heterocycles. The number of rotatable bonds is 3. The van der Waals surface area contributed by atoms with Crippen molar-refractivity contribution in [1.29, 1.82) is 0 Å². The summed E-state index contributed by atoms with van der Waals surface area (Å²) in [6.45, 7) is 13.7. The molecule has 1 fully saturated rings. The van der Waals surface area contributed by atoms with Crippen molar-refractivity contribution in [2.24, 2.45) is 0 Å². The first-order valence-electron chi connectivity index (χ1n) is 10.9. The lowest BCUT2D eigenvalue weighted by Gasteiger charge is -2.08. The third kappa shape index (κ3) is 11.3. The minimum Gasteiger partial charge on any atom is -0.471 e. The molecule has 1 saturated heterocycles. The van der Waals surface area contributed by atoms with Crippen LogP contribution in [0.3, 0.4) is 0 Å². The van der Waals surface area contributed by atoms with E-state index in [-0.39, 0.29) is 28.7 Å². The predicted octanol–water partition coefficient (Wildman–Crippen LogP) is 6.08. The molecule has 0 radical (unpaired) electrons. The highest BCUT2D eigenvalue weighted by Gasteiger charge is 2.13. The molecule has 0 spiro atoms. The van der Waals surface area contributed by atoms with E-state index in [1.165, 1.54) is 12.1 Å². The van der Waals surface area contributed by atoms with Crippen LogP contribution in [0.15, 0.2) is 29.1 Å². The Morgan fingerprint density at radius 3 is 2.03 bits per heavy atom. The summed E-state index contributed by atoms with van der Waals surface area (Å²) < 4.78 is 41.7. The van der Waals surface area contributed by atoms with Crippen molar-refractivity contribution < 1.29 is 23.0 Å². The summed E-state index contributed by atoms with van der Waals surface area (Å²) in [7, 11) is 0. The molecule has 0 atom stereocenters. The van der Waals surface area contributed by atoms with Crippen LogP contribution >= 0.6 is 11.6 Å². The van der Waals surface area contributed by atoms with Gasteiger partial charge in [0.05, 0.1) is 24.3 Å². The molecule has 3 aromatic rings. The van der Waals surface area contributed by atoms with Crippen molar-refractivity contribution in [3.05, 3.63) is 57.0 Å². The molecule has 190 valence electrons. The number of terminal acetylenes is 1. The Labute approximate surface area is 204 Å². The second-order valence-electron chi connectivity index (χ2n) is 5.17. The van der Waals surface area contributed by atoms with Gasteiger partial charge in [-0.3, -0.25) is 4.98 Å². The van der Waals surface area contributed by atoms with E-state index in [1.54, 1.807) is 0 Å². The number of halogens is 3. The van der Waals surface area contributed by atoms with Gasteiger partial charge >= 0.3 is 5.69 Å². The van der Waals surface area contributed by atoms with Gasteiger partial charge in [-0.25, -0.2) is 13.6 Å². The average Bonchev–Trinajstić information content (AvgIpc) is 3.57. The lowest BCUT2D eigenvalue weighted by molar-refractivity contribution is 0.0692. The third-order valence-corrected chi connectivity index (χ3v) is 3.65. The molecule has 0 amide bonds. The molecular weight excluding hydrogens is 468 g/mol. The second kappa shape index (κ2) is 20.7. The zero-order valence-corrected chi connectivity index (χ0v) is 21.3. The van der Waals surface area contributed by atoms with E-state index in [9.17, 15) is 13.6 Å². The van der Waals surface area contributed by atoms with Crippen molar-refractivity contribution in [3.8, 4) is 18.7 Å². The first-order chi connectivity index (χ1) is 16.5. The molecule has 1 aromatic carbocycles. The highest BCUT2D eigenvalue weighted by atomic mass is 35.5. The summed E-state index contributed by atoms with van der Waals surface area (Å²) in [5, 5.41) is 0.120. The number of pyridine rings is 1. The Morgan fingerprint density at radius 2 is 1.56 bits per heavy atom. The largest absolute Gasteiger partial charge is 0.471 e. The summed E-state index contributed by atoms with van der Waals surface area (Å²) in [6, 6.07) is 4.96. The van der Waals surface area contributed by atoms with Gasteiger partial charge in [0.2, 0.25) is 5.88 Å². The minimum absolute atomic E-state index is 0.0259. The topological polar surface area (TPSA) is 89.2 Å². The van der Waals surface area contributed by atoms with E-state index >= 15 is 0 Å². The lowest BCUT2D eigenvalue weighted by atomic mass is 10.2. The minimum atomic E-state index is -0.720. The number of H-pyrrole nitrogens is 2. The maximum atomic E-state index is 13.5. The smallest absolute Gasteiger partial charge is 0.325 e. The highest BCUT2D eigenvalue weighted by Crippen LogP contribution is 2.26. The van der Waals surface area contributed by atoms with E-state index in [0.29, 0.717) is 12.3 Å². The Morgan fingerprint density at radius 1 is 1.03 bits per heavy atom. The zero-order valence-electron chi connectivity index (χ0n) is 20.5. The van der Waals surface area contributed by atoms with E-state index in [1.807, 2.05) is 41.5 Å². The van der Waals surface area contributed by atoms with Crippen molar-refractivity contribution in [1.82, 2.24) is 15.0 Å². The molecule has 1 aliphatic heterocycles. The quantitative estimate of drug-likeness (QED) is 0.424. The molecule has 4 rings (SSSR count). The van der Waals surface area contributed by atoms with Gasteiger partial charge < -0.3 is 19.2 Å². The molecule has 34 heavy (non-hydrogen) atoms. The van der Waals surface area contributed by atoms with Crippen LogP contribution in [0.5, 0.6) is 5.88 Å². The SMILES string of the molecule is C#C.C1COCO1.CC.CC.CC.O=c1[nH]c2cc(Cl)c(OCc3c(F)cccc3F)nc2[nH]1. The standard InChI is InChI=1S/C13H8ClF2N3O2.C3H6O2.3C2H6.C2H2/c14-7-4-10-11(19-13(20)17-10)18-12(7)21-5-6-8(15)2-1-3-9(6)16;1-2-5-3-4-1;4*1-2/h1-4H,5H2,(H2,17,18,19,20);1-3H2;3*1-2H3;1-2H. The van der Waals surface area contributed by atoms with Gasteiger partial charge in [0.1, 0.15) is 30.1 Å². The number of aromatic nitrogens is 3. The highest BCUT2D eigenvalue weighted by molar-refractivity contribution is 6.32. The number of aromatic amines is 2. The van der Waals surface area contributed by atoms with Gasteiger partial charge in [-0.1, -0.05) is 59.2 Å². The lowest BCUT2D eigenvalue weighted by Crippen LogP contribution is -2.03. The molecule has 0 bridgehead atoms. The fourth-order valence-electron chi connectivity index (χ4n) is 2.13. The number of hydrogen-bond acceptors (Lipinski definition) is 5. The van der Waals surface area contributed by atoms with Crippen molar-refractivity contribution in [3.63, 3.8) is 0 Å². The number of nitrogens with zero attached hydrogens (tertiary/aromatic N) is 1. The van der Waals surface area contributed by atoms with Gasteiger partial charge in [0, 0.05) is 0 Å². The predicted molar refractivity (Wildman–Crippen MR) is 133 cm³/mol. The summed E-state index contributed by atoms with van der Waals surface area (Å²) >= 11 is 5.95. The number of benzene rings is 1. The number of fused-ring (bicyclic) bond motifs is 1. The summed E-state index contributed by atoms with van der Waals surface area (Å²) in [5.41, 5.74) is -0.00767. The molecular formula is C24H34ClF2N3O4. The first-order valence-corrected chi connectivity index (χ1v) is 11.3. The molecule has 0 unspecified atom stereocenters. The van der Waals surface area contributed by atoms with E-state index in [0.717, 1.165) is 25.3 Å². The van der Waals surface area contributed by atoms with Crippen LogP contribution in [-0.4, -0.2) is 35.0 Å². The van der Waals surface area contributed by atoms with Crippen molar-refractivity contribution in [2.75, 3.05) is 20.0 Å². The molecule has 0 aliphatic carbocycles. The van der Waals surface area contributed by atoms with Gasteiger partial charge in [-0.2, -0.15) is 4.98 Å². The Hall–Kier alpha value is -2.93. The Balaban J connectivity index is 0. The third-order valence-electron chi connectivity index (χ3n) is 3.38. The molecule has 10 heteroatoms. The second-order valence-corrected chi connectivity index (χ2v) is 5.58. The first kappa shape index (κ1) is 33.2. The van der Waals surface area contributed by atoms with E-state index in [2.05, 4.69) is 27.8 Å². The van der Waals surface area contributed by atoms with Crippen LogP contribution in [-0.2, 0) is 16.1 Å². The Bertz CT molecular complexity index is 975. The molecule has 1 aliphatic rings. The summed E-state index contributed by atoms with van der Waals surface area (Å²) in [6.07, 6.45) is 8.00. The average molecular weight is 502 g/mol. The van der Waals surface area contributed by atoms with Crippen molar-refractivity contribution in [2.45, 2.75) is 48.1 Å². The van der Waals surface area contributed by atoms with Crippen LogP contribution in [0.4, 0.5) is 8.78 Å². The van der Waals surface area contributed by atoms with Crippen molar-refractivity contribution >= 4 is 22.8 Å². The summed E-state index contributed by atoms with van der Waals surface area (Å²) in [4.78, 5) is 20.1. The molecule has 0 saturated carbocycles. The number of imidazole rings is 1. The van der Waals surface area contributed by atoms with Crippen LogP contribution in [0.25, 0.3) is 11.2 Å². The van der Waals surface area contributed by atoms with Crippen LogP contribution in [0.2, 0.25) is 5.02 Å². The van der Waals surface area contributed by atoms with E-state index in [4.69, 9.17) is 25.8 Å². The monoisotopic (exact) mass is 501 g/mol. The number of hydrogen-bond donors (Lipinski definition) is 2. The van der Waals surface area contributed by atoms with Crippen LogP contribution in [0, 0.1) is 24.5 Å². The zero-order chi connectivity index (χ0) is 26.5.